The van der Waals surface area contributed by atoms with Crippen molar-refractivity contribution in [2.75, 3.05) is 12.1 Å². The van der Waals surface area contributed by atoms with Gasteiger partial charge in [0.2, 0.25) is 0 Å². The monoisotopic (exact) mass is 471 g/mol. The number of nitrogens with one attached hydrogen (secondary N) is 1. The second-order valence-electron chi connectivity index (χ2n) is 8.24. The minimum atomic E-state index is -1.22. The summed E-state index contributed by atoms with van der Waals surface area (Å²) in [6.07, 6.45) is 0.0499. The molecule has 0 saturated carbocycles. The van der Waals surface area contributed by atoms with Gasteiger partial charge in [-0.1, -0.05) is 18.2 Å². The van der Waals surface area contributed by atoms with E-state index in [1.807, 2.05) is 18.2 Å². The summed E-state index contributed by atoms with van der Waals surface area (Å²) in [6, 6.07) is 7.23. The Morgan fingerprint density at radius 1 is 1.12 bits per heavy atom. The molecular formula is C22H21N3O9. The third-order valence-electron chi connectivity index (χ3n) is 6.08. The summed E-state index contributed by atoms with van der Waals surface area (Å²) in [5, 5.41) is 8.92. The number of rotatable bonds is 6. The van der Waals surface area contributed by atoms with Crippen molar-refractivity contribution in [2.24, 2.45) is 0 Å². The molecule has 1 aliphatic carbocycles. The predicted molar refractivity (Wildman–Crippen MR) is 111 cm³/mol. The van der Waals surface area contributed by atoms with Crippen LogP contribution in [0, 0.1) is 0 Å². The fourth-order valence-electron chi connectivity index (χ4n) is 4.47. The molecule has 2 fully saturated rings. The molecule has 1 aromatic carbocycles. The predicted octanol–water partition coefficient (Wildman–Crippen LogP) is 0.0536. The molecule has 0 amide bonds. The second kappa shape index (κ2) is 8.88. The summed E-state index contributed by atoms with van der Waals surface area (Å²) in [4.78, 5) is 52.0. The van der Waals surface area contributed by atoms with Crippen molar-refractivity contribution in [3.8, 4) is 0 Å². The van der Waals surface area contributed by atoms with Crippen molar-refractivity contribution in [2.45, 2.75) is 50.2 Å². The number of fused-ring (bicyclic) bond motifs is 2. The van der Waals surface area contributed by atoms with Gasteiger partial charge in [0.1, 0.15) is 12.7 Å². The van der Waals surface area contributed by atoms with Crippen LogP contribution in [-0.2, 0) is 52.6 Å². The highest BCUT2D eigenvalue weighted by molar-refractivity contribution is 6.30. The molecule has 1 aromatic heterocycles. The first kappa shape index (κ1) is 22.0. The van der Waals surface area contributed by atoms with Crippen LogP contribution >= 0.6 is 0 Å². The number of benzene rings is 1. The third-order valence-corrected chi connectivity index (χ3v) is 6.08. The number of hydrogen-bond donors (Lipinski definition) is 2. The number of carbonyl (C=O) groups excluding carboxylic acids is 3. The second-order valence-corrected chi connectivity index (χ2v) is 8.24. The molecule has 2 aromatic rings. The molecular weight excluding hydrogens is 450 g/mol. The van der Waals surface area contributed by atoms with E-state index in [-0.39, 0.29) is 18.8 Å². The largest absolute Gasteiger partial charge is 0.463 e. The highest BCUT2D eigenvalue weighted by atomic mass is 16.7. The normalized spacial score (nSPS) is 25.2. The van der Waals surface area contributed by atoms with Gasteiger partial charge in [-0.05, 0) is 42.0 Å². The number of hydrogen-bond acceptors (Lipinski definition) is 11. The Kier molecular flexibility index (Phi) is 5.75. The number of anilines is 1. The molecule has 0 radical (unpaired) electrons. The highest BCUT2D eigenvalue weighted by Crippen LogP contribution is 2.35. The summed E-state index contributed by atoms with van der Waals surface area (Å²) in [6.45, 7) is -0.287. The number of esters is 3. The number of aromatic nitrogens is 2. The Morgan fingerprint density at radius 2 is 1.88 bits per heavy atom. The molecule has 2 N–H and O–H groups in total. The molecule has 0 spiro atoms. The number of ether oxygens (including phenoxy) is 4. The molecule has 0 bridgehead atoms. The summed E-state index contributed by atoms with van der Waals surface area (Å²) < 4.78 is 22.5. The van der Waals surface area contributed by atoms with Gasteiger partial charge in [0.15, 0.2) is 24.3 Å². The van der Waals surface area contributed by atoms with E-state index in [0.29, 0.717) is 0 Å². The minimum absolute atomic E-state index is 0.0608. The van der Waals surface area contributed by atoms with Gasteiger partial charge in [0.25, 0.3) is 0 Å². The van der Waals surface area contributed by atoms with Crippen molar-refractivity contribution >= 4 is 23.7 Å². The van der Waals surface area contributed by atoms with Crippen LogP contribution < -0.4 is 11.2 Å². The first-order valence-electron chi connectivity index (χ1n) is 10.8. The zero-order valence-corrected chi connectivity index (χ0v) is 17.8. The van der Waals surface area contributed by atoms with Gasteiger partial charge in [-0.2, -0.15) is 4.98 Å². The van der Waals surface area contributed by atoms with Gasteiger partial charge in [-0.25, -0.2) is 14.4 Å². The molecule has 2 aliphatic heterocycles. The average Bonchev–Trinajstić information content (AvgIpc) is 3.42. The lowest BCUT2D eigenvalue weighted by Gasteiger charge is -2.27. The van der Waals surface area contributed by atoms with E-state index >= 15 is 0 Å². The maximum atomic E-state index is 12.5. The smallest absolute Gasteiger partial charge is 0.418 e. The molecule has 34 heavy (non-hydrogen) atoms. The molecule has 3 aliphatic rings. The lowest BCUT2D eigenvalue weighted by molar-refractivity contribution is -0.195. The molecule has 2 saturated heterocycles. The van der Waals surface area contributed by atoms with E-state index in [0.717, 1.165) is 29.4 Å². The van der Waals surface area contributed by atoms with Gasteiger partial charge in [-0.3, -0.25) is 20.0 Å². The van der Waals surface area contributed by atoms with Gasteiger partial charge < -0.3 is 18.9 Å². The van der Waals surface area contributed by atoms with E-state index in [9.17, 15) is 19.2 Å². The van der Waals surface area contributed by atoms with E-state index < -0.39 is 48.1 Å². The maximum Gasteiger partial charge on any atom is 0.418 e. The molecule has 12 nitrogen and oxygen atoms in total. The standard InChI is InChI=1S/C22H21N3O9/c26-16(9-11-4-5-12-2-1-3-13(12)8-11)31-10-14-17-18(34-21(28)20(27)33-17)19(32-14)25-7-6-15(24-30)23-22(25)29/h4-8,14,17-19,30H,1-3,9-10H2,(H,23,24,29)/t14-,17-,18-,19-/m1/s1. The fourth-order valence-corrected chi connectivity index (χ4v) is 4.47. The quantitative estimate of drug-likeness (QED) is 0.254. The van der Waals surface area contributed by atoms with Crippen LogP contribution in [0.1, 0.15) is 29.3 Å². The molecule has 3 heterocycles. The lowest BCUT2D eigenvalue weighted by Crippen LogP contribution is -2.48. The van der Waals surface area contributed by atoms with Gasteiger partial charge in [0, 0.05) is 6.20 Å². The van der Waals surface area contributed by atoms with Crippen LogP contribution in [0.3, 0.4) is 0 Å². The topological polar surface area (TPSA) is 155 Å². The van der Waals surface area contributed by atoms with Crippen molar-refractivity contribution in [1.82, 2.24) is 9.55 Å². The first-order valence-corrected chi connectivity index (χ1v) is 10.8. The number of carbonyl (C=O) groups is 3. The Morgan fingerprint density at radius 3 is 2.65 bits per heavy atom. The van der Waals surface area contributed by atoms with Crippen LogP contribution in [0.5, 0.6) is 0 Å². The molecule has 178 valence electrons. The zero-order valence-electron chi connectivity index (χ0n) is 17.8. The molecule has 0 unspecified atom stereocenters. The van der Waals surface area contributed by atoms with Crippen molar-refractivity contribution < 1.29 is 38.5 Å². The molecule has 5 rings (SSSR count). The Hall–Kier alpha value is -3.77. The van der Waals surface area contributed by atoms with Crippen LogP contribution in [0.4, 0.5) is 5.82 Å². The summed E-state index contributed by atoms with van der Waals surface area (Å²) in [7, 11) is 0. The van der Waals surface area contributed by atoms with Crippen molar-refractivity contribution in [1.29, 1.82) is 0 Å². The SMILES string of the molecule is O=C(Cc1ccc2c(c1)CCC2)OC[C@H]1O[C@@H](n2ccc(NO)nc2=O)[C@@H]2OC(=O)C(=O)O[C@@H]21. The zero-order chi connectivity index (χ0) is 23.8. The van der Waals surface area contributed by atoms with Crippen molar-refractivity contribution in [3.05, 3.63) is 57.6 Å². The summed E-state index contributed by atoms with van der Waals surface area (Å²) in [5.41, 5.74) is 4.32. The van der Waals surface area contributed by atoms with E-state index in [1.165, 1.54) is 23.4 Å². The molecule has 4 atom stereocenters. The minimum Gasteiger partial charge on any atom is -0.463 e. The maximum absolute atomic E-state index is 12.5. The van der Waals surface area contributed by atoms with Crippen LogP contribution in [0.2, 0.25) is 0 Å². The van der Waals surface area contributed by atoms with Gasteiger partial charge in [-0.15, -0.1) is 0 Å². The highest BCUT2D eigenvalue weighted by Gasteiger charge is 2.55. The fraction of sp³-hybridized carbons (Fsp3) is 0.409. The lowest BCUT2D eigenvalue weighted by atomic mass is 10.0. The average molecular weight is 471 g/mol. The number of aryl methyl sites for hydroxylation is 2. The van der Waals surface area contributed by atoms with Crippen LogP contribution in [-0.4, -0.2) is 57.6 Å². The van der Waals surface area contributed by atoms with Crippen molar-refractivity contribution in [3.63, 3.8) is 0 Å². The Labute approximate surface area is 192 Å². The van der Waals surface area contributed by atoms with Crippen LogP contribution in [0.25, 0.3) is 0 Å². The Bertz CT molecular complexity index is 1210. The summed E-state index contributed by atoms with van der Waals surface area (Å²) >= 11 is 0. The van der Waals surface area contributed by atoms with Crippen LogP contribution in [0.15, 0.2) is 35.3 Å². The van der Waals surface area contributed by atoms with E-state index in [4.69, 9.17) is 24.2 Å². The Balaban J connectivity index is 1.29. The third kappa shape index (κ3) is 4.13. The first-order chi connectivity index (χ1) is 16.4. The molecule has 12 heteroatoms. The van der Waals surface area contributed by atoms with E-state index in [2.05, 4.69) is 4.98 Å². The van der Waals surface area contributed by atoms with Gasteiger partial charge in [0.05, 0.1) is 6.42 Å². The number of nitrogens with zero attached hydrogens (tertiary/aromatic N) is 2. The van der Waals surface area contributed by atoms with Gasteiger partial charge >= 0.3 is 23.6 Å². The van der Waals surface area contributed by atoms with E-state index in [1.54, 1.807) is 5.48 Å². The summed E-state index contributed by atoms with van der Waals surface area (Å²) in [5.74, 6) is -3.03.